The molecule has 0 radical (unpaired) electrons. The predicted octanol–water partition coefficient (Wildman–Crippen LogP) is 2.15. The summed E-state index contributed by atoms with van der Waals surface area (Å²) in [5.41, 5.74) is 0.340. The zero-order valence-corrected chi connectivity index (χ0v) is 9.16. The average Bonchev–Trinajstić information content (AvgIpc) is 3.01. The lowest BCUT2D eigenvalue weighted by atomic mass is 10.2. The Labute approximate surface area is 93.1 Å². The normalized spacial score (nSPS) is 17.2. The minimum absolute atomic E-state index is 0.200. The third kappa shape index (κ3) is 2.26. The first kappa shape index (κ1) is 10.4. The van der Waals surface area contributed by atoms with Gasteiger partial charge in [-0.1, -0.05) is 11.6 Å². The molecule has 4 nitrogen and oxygen atoms in total. The number of anilines is 1. The molecule has 5 heteroatoms. The van der Waals surface area contributed by atoms with E-state index < -0.39 is 0 Å². The highest BCUT2D eigenvalue weighted by atomic mass is 35.5. The monoisotopic (exact) mass is 225 g/mol. The molecular weight excluding hydrogens is 214 g/mol. The maximum Gasteiger partial charge on any atom is 0.156 e. The van der Waals surface area contributed by atoms with Gasteiger partial charge in [-0.05, 0) is 25.7 Å². The van der Waals surface area contributed by atoms with E-state index in [1.165, 1.54) is 19.2 Å². The Morgan fingerprint density at radius 2 is 2.33 bits per heavy atom. The summed E-state index contributed by atoms with van der Waals surface area (Å²) >= 11 is 5.79. The van der Waals surface area contributed by atoms with E-state index in [2.05, 4.69) is 22.2 Å². The van der Waals surface area contributed by atoms with Crippen LogP contribution in [-0.4, -0.2) is 22.3 Å². The summed E-state index contributed by atoms with van der Waals surface area (Å²) in [5, 5.41) is 3.40. The van der Waals surface area contributed by atoms with E-state index in [-0.39, 0.29) is 5.15 Å². The maximum atomic E-state index is 10.8. The predicted molar refractivity (Wildman–Crippen MR) is 58.2 cm³/mol. The van der Waals surface area contributed by atoms with Crippen molar-refractivity contribution in [1.29, 1.82) is 0 Å². The van der Waals surface area contributed by atoms with Crippen molar-refractivity contribution in [3.63, 3.8) is 0 Å². The fraction of sp³-hybridized carbons (Fsp3) is 0.500. The molecule has 15 heavy (non-hydrogen) atoms. The van der Waals surface area contributed by atoms with Gasteiger partial charge in [0.2, 0.25) is 0 Å². The van der Waals surface area contributed by atoms with Gasteiger partial charge in [0.15, 0.2) is 6.29 Å². The molecule has 0 bridgehead atoms. The number of halogens is 1. The van der Waals surface area contributed by atoms with Gasteiger partial charge in [0.05, 0.1) is 5.56 Å². The highest BCUT2D eigenvalue weighted by Gasteiger charge is 2.28. The molecule has 1 heterocycles. The molecule has 0 aromatic carbocycles. The molecule has 0 aliphatic heterocycles. The van der Waals surface area contributed by atoms with Crippen LogP contribution in [0.5, 0.6) is 0 Å². The molecule has 1 N–H and O–H groups in total. The lowest BCUT2D eigenvalue weighted by molar-refractivity contribution is 0.112. The molecule has 1 unspecified atom stereocenters. The minimum atomic E-state index is 0.200. The number of nitrogens with zero attached hydrogens (tertiary/aromatic N) is 2. The van der Waals surface area contributed by atoms with Crippen molar-refractivity contribution in [3.8, 4) is 0 Å². The molecule has 1 saturated carbocycles. The smallest absolute Gasteiger partial charge is 0.156 e. The van der Waals surface area contributed by atoms with Gasteiger partial charge < -0.3 is 5.32 Å². The molecule has 1 aliphatic carbocycles. The Hall–Kier alpha value is -1.16. The van der Waals surface area contributed by atoms with Crippen molar-refractivity contribution in [3.05, 3.63) is 17.0 Å². The lowest BCUT2D eigenvalue weighted by Gasteiger charge is -2.14. The molecule has 1 aromatic rings. The van der Waals surface area contributed by atoms with Gasteiger partial charge in [-0.25, -0.2) is 9.97 Å². The van der Waals surface area contributed by atoms with Crippen molar-refractivity contribution in [2.75, 3.05) is 5.32 Å². The van der Waals surface area contributed by atoms with Gasteiger partial charge in [0.25, 0.3) is 0 Å². The molecule has 1 aliphatic rings. The maximum absolute atomic E-state index is 10.8. The van der Waals surface area contributed by atoms with E-state index in [0.29, 0.717) is 29.6 Å². The number of carbonyl (C=O) groups is 1. The third-order valence-electron chi connectivity index (χ3n) is 2.65. The van der Waals surface area contributed by atoms with Crippen LogP contribution in [-0.2, 0) is 0 Å². The Morgan fingerprint density at radius 3 is 2.93 bits per heavy atom. The first-order valence-electron chi connectivity index (χ1n) is 4.94. The number of rotatable bonds is 4. The van der Waals surface area contributed by atoms with Crippen LogP contribution in [0.25, 0.3) is 0 Å². The lowest BCUT2D eigenvalue weighted by Crippen LogP contribution is -2.19. The van der Waals surface area contributed by atoms with Gasteiger partial charge >= 0.3 is 0 Å². The second kappa shape index (κ2) is 4.14. The third-order valence-corrected chi connectivity index (χ3v) is 2.95. The Bertz CT molecular complexity index is 379. The quantitative estimate of drug-likeness (QED) is 0.630. The molecule has 80 valence electrons. The second-order valence-electron chi connectivity index (χ2n) is 3.82. The van der Waals surface area contributed by atoms with Crippen LogP contribution < -0.4 is 5.32 Å². The van der Waals surface area contributed by atoms with Crippen molar-refractivity contribution < 1.29 is 4.79 Å². The summed E-state index contributed by atoms with van der Waals surface area (Å²) in [7, 11) is 0. The van der Waals surface area contributed by atoms with Crippen LogP contribution in [0.4, 0.5) is 5.82 Å². The summed E-state index contributed by atoms with van der Waals surface area (Å²) in [6, 6.07) is 0.328. The molecule has 0 amide bonds. The van der Waals surface area contributed by atoms with E-state index in [4.69, 9.17) is 11.6 Å². The summed E-state index contributed by atoms with van der Waals surface area (Å²) in [6.07, 6.45) is 4.52. The van der Waals surface area contributed by atoms with Gasteiger partial charge in [0, 0.05) is 6.04 Å². The summed E-state index contributed by atoms with van der Waals surface area (Å²) < 4.78 is 0. The molecule has 1 fully saturated rings. The van der Waals surface area contributed by atoms with E-state index in [1.807, 2.05) is 0 Å². The minimum Gasteiger partial charge on any atom is -0.367 e. The van der Waals surface area contributed by atoms with E-state index in [9.17, 15) is 4.79 Å². The van der Waals surface area contributed by atoms with Gasteiger partial charge in [-0.15, -0.1) is 0 Å². The number of hydrogen-bond donors (Lipinski definition) is 1. The van der Waals surface area contributed by atoms with Crippen molar-refractivity contribution in [1.82, 2.24) is 9.97 Å². The SMILES string of the molecule is CC(Nc1ncnc(Cl)c1C=O)C1CC1. The van der Waals surface area contributed by atoms with E-state index in [0.717, 1.165) is 0 Å². The first-order chi connectivity index (χ1) is 7.22. The molecular formula is C10H12ClN3O. The van der Waals surface area contributed by atoms with Crippen molar-refractivity contribution in [2.45, 2.75) is 25.8 Å². The van der Waals surface area contributed by atoms with Crippen molar-refractivity contribution in [2.24, 2.45) is 5.92 Å². The zero-order valence-electron chi connectivity index (χ0n) is 8.40. The zero-order chi connectivity index (χ0) is 10.8. The van der Waals surface area contributed by atoms with Gasteiger partial charge in [0.1, 0.15) is 17.3 Å². The molecule has 1 atom stereocenters. The molecule has 0 saturated heterocycles. The second-order valence-corrected chi connectivity index (χ2v) is 4.17. The fourth-order valence-corrected chi connectivity index (χ4v) is 1.70. The summed E-state index contributed by atoms with van der Waals surface area (Å²) in [6.45, 7) is 2.09. The van der Waals surface area contributed by atoms with Crippen LogP contribution in [0, 0.1) is 5.92 Å². The largest absolute Gasteiger partial charge is 0.367 e. The first-order valence-corrected chi connectivity index (χ1v) is 5.32. The summed E-state index contributed by atoms with van der Waals surface area (Å²) in [5.74, 6) is 1.22. The Balaban J connectivity index is 2.18. The number of hydrogen-bond acceptors (Lipinski definition) is 4. The number of aromatic nitrogens is 2. The van der Waals surface area contributed by atoms with E-state index in [1.54, 1.807) is 0 Å². The van der Waals surface area contributed by atoms with Crippen LogP contribution in [0.1, 0.15) is 30.1 Å². The highest BCUT2D eigenvalue weighted by Crippen LogP contribution is 2.34. The highest BCUT2D eigenvalue weighted by molar-refractivity contribution is 6.32. The van der Waals surface area contributed by atoms with Crippen LogP contribution in [0.2, 0.25) is 5.15 Å². The summed E-state index contributed by atoms with van der Waals surface area (Å²) in [4.78, 5) is 18.6. The molecule has 2 rings (SSSR count). The van der Waals surface area contributed by atoms with Gasteiger partial charge in [-0.3, -0.25) is 4.79 Å². The molecule has 0 spiro atoms. The standard InChI is InChI=1S/C10H12ClN3O/c1-6(7-2-3-7)14-10-8(4-15)9(11)12-5-13-10/h4-7H,2-3H2,1H3,(H,12,13,14). The number of aldehydes is 1. The van der Waals surface area contributed by atoms with Crippen LogP contribution >= 0.6 is 11.6 Å². The number of nitrogens with one attached hydrogen (secondary N) is 1. The Morgan fingerprint density at radius 1 is 1.60 bits per heavy atom. The molecule has 1 aromatic heterocycles. The topological polar surface area (TPSA) is 54.9 Å². The fourth-order valence-electron chi connectivity index (χ4n) is 1.52. The average molecular weight is 226 g/mol. The Kier molecular flexibility index (Phi) is 2.86. The van der Waals surface area contributed by atoms with Crippen molar-refractivity contribution >= 4 is 23.7 Å². The van der Waals surface area contributed by atoms with E-state index >= 15 is 0 Å². The van der Waals surface area contributed by atoms with Crippen LogP contribution in [0.3, 0.4) is 0 Å². The van der Waals surface area contributed by atoms with Crippen LogP contribution in [0.15, 0.2) is 6.33 Å². The number of carbonyl (C=O) groups excluding carboxylic acids is 1. The van der Waals surface area contributed by atoms with Gasteiger partial charge in [-0.2, -0.15) is 0 Å².